The first kappa shape index (κ1) is 24.8. The van der Waals surface area contributed by atoms with E-state index in [2.05, 4.69) is 9.97 Å². The van der Waals surface area contributed by atoms with Crippen LogP contribution < -0.4 is 15.4 Å². The van der Waals surface area contributed by atoms with Gasteiger partial charge in [0, 0.05) is 24.4 Å². The Morgan fingerprint density at radius 2 is 1.70 bits per heavy atom. The summed E-state index contributed by atoms with van der Waals surface area (Å²) in [7, 11) is 0. The van der Waals surface area contributed by atoms with Crippen LogP contribution >= 0.6 is 23.1 Å². The molecule has 0 saturated heterocycles. The lowest BCUT2D eigenvalue weighted by Crippen LogP contribution is -2.27. The SMILES string of the molecule is Nc1nc2nc(SCc3cccc(Oc4ccccc4)c3)nc(N(CCO)Cc3ccccc3O)c2s1. The average molecular weight is 532 g/mol. The van der Waals surface area contributed by atoms with Crippen LogP contribution in [0.4, 0.5) is 10.9 Å². The van der Waals surface area contributed by atoms with Crippen molar-refractivity contribution < 1.29 is 14.9 Å². The number of nitrogens with two attached hydrogens (primary N) is 1. The molecule has 0 saturated carbocycles. The molecule has 37 heavy (non-hydrogen) atoms. The highest BCUT2D eigenvalue weighted by molar-refractivity contribution is 7.98. The second-order valence-electron chi connectivity index (χ2n) is 8.16. The fraction of sp³-hybridized carbons (Fsp3) is 0.148. The van der Waals surface area contributed by atoms with Gasteiger partial charge in [0.25, 0.3) is 0 Å². The van der Waals surface area contributed by atoms with Gasteiger partial charge in [-0.05, 0) is 35.9 Å². The Morgan fingerprint density at radius 3 is 2.51 bits per heavy atom. The number of phenolic OH excluding ortho intramolecular Hbond substituents is 1. The Labute approximate surface area is 222 Å². The Morgan fingerprint density at radius 1 is 0.919 bits per heavy atom. The molecule has 0 atom stereocenters. The number of nitrogen functional groups attached to an aromatic ring is 1. The summed E-state index contributed by atoms with van der Waals surface area (Å²) < 4.78 is 6.70. The molecule has 2 aromatic heterocycles. The summed E-state index contributed by atoms with van der Waals surface area (Å²) in [5, 5.41) is 21.0. The van der Waals surface area contributed by atoms with Gasteiger partial charge in [0.15, 0.2) is 21.8 Å². The molecule has 10 heteroatoms. The van der Waals surface area contributed by atoms with E-state index in [1.807, 2.05) is 71.6 Å². The number of aromatic nitrogens is 3. The van der Waals surface area contributed by atoms with Gasteiger partial charge in [-0.15, -0.1) is 0 Å². The normalized spacial score (nSPS) is 11.1. The van der Waals surface area contributed by atoms with Gasteiger partial charge in [-0.3, -0.25) is 0 Å². The molecule has 5 aromatic rings. The molecular formula is C27H25N5O3S2. The smallest absolute Gasteiger partial charge is 0.191 e. The number of aliphatic hydroxyl groups excluding tert-OH is 1. The molecular weight excluding hydrogens is 506 g/mol. The number of thioether (sulfide) groups is 1. The minimum Gasteiger partial charge on any atom is -0.508 e. The molecule has 0 spiro atoms. The number of phenols is 1. The van der Waals surface area contributed by atoms with Gasteiger partial charge in [-0.25, -0.2) is 15.0 Å². The van der Waals surface area contributed by atoms with Crippen LogP contribution in [0.5, 0.6) is 17.2 Å². The summed E-state index contributed by atoms with van der Waals surface area (Å²) >= 11 is 2.78. The van der Waals surface area contributed by atoms with Gasteiger partial charge in [-0.1, -0.05) is 71.6 Å². The highest BCUT2D eigenvalue weighted by atomic mass is 32.2. The number of benzene rings is 3. The van der Waals surface area contributed by atoms with E-state index >= 15 is 0 Å². The number of aromatic hydroxyl groups is 1. The second-order valence-corrected chi connectivity index (χ2v) is 10.1. The van der Waals surface area contributed by atoms with Crippen molar-refractivity contribution >= 4 is 44.4 Å². The Balaban J connectivity index is 1.40. The van der Waals surface area contributed by atoms with Gasteiger partial charge in [0.2, 0.25) is 0 Å². The third-order valence-corrected chi connectivity index (χ3v) is 7.29. The first-order valence-corrected chi connectivity index (χ1v) is 13.4. The monoisotopic (exact) mass is 531 g/mol. The summed E-state index contributed by atoms with van der Waals surface area (Å²) in [6.07, 6.45) is 0. The van der Waals surface area contributed by atoms with Crippen molar-refractivity contribution in [3.05, 3.63) is 90.0 Å². The number of para-hydroxylation sites is 2. The molecule has 3 aromatic carbocycles. The van der Waals surface area contributed by atoms with Crippen molar-refractivity contribution in [2.75, 3.05) is 23.8 Å². The molecule has 0 aliphatic rings. The van der Waals surface area contributed by atoms with Crippen LogP contribution in [-0.4, -0.2) is 38.3 Å². The quantitative estimate of drug-likeness (QED) is 0.159. The number of thiazole rings is 1. The van der Waals surface area contributed by atoms with E-state index in [0.29, 0.717) is 40.6 Å². The van der Waals surface area contributed by atoms with Gasteiger partial charge < -0.3 is 25.6 Å². The number of rotatable bonds is 10. The van der Waals surface area contributed by atoms with Crippen molar-refractivity contribution in [3.8, 4) is 17.2 Å². The number of nitrogens with zero attached hydrogens (tertiary/aromatic N) is 4. The first-order valence-electron chi connectivity index (χ1n) is 11.6. The maximum absolute atomic E-state index is 10.3. The number of hydrogen-bond donors (Lipinski definition) is 3. The minimum atomic E-state index is -0.0793. The Bertz CT molecular complexity index is 1500. The Kier molecular flexibility index (Phi) is 7.69. The van der Waals surface area contributed by atoms with Crippen LogP contribution in [0.15, 0.2) is 84.0 Å². The fourth-order valence-corrected chi connectivity index (χ4v) is 5.35. The predicted molar refractivity (Wildman–Crippen MR) is 148 cm³/mol. The number of ether oxygens (including phenoxy) is 1. The van der Waals surface area contributed by atoms with Gasteiger partial charge in [0.1, 0.15) is 21.9 Å². The third kappa shape index (κ3) is 6.11. The van der Waals surface area contributed by atoms with Gasteiger partial charge >= 0.3 is 0 Å². The lowest BCUT2D eigenvalue weighted by atomic mass is 10.2. The summed E-state index contributed by atoms with van der Waals surface area (Å²) in [4.78, 5) is 15.8. The fourth-order valence-electron chi connectivity index (χ4n) is 3.79. The number of aliphatic hydroxyl groups is 1. The highest BCUT2D eigenvalue weighted by Gasteiger charge is 2.19. The van der Waals surface area contributed by atoms with E-state index in [0.717, 1.165) is 27.3 Å². The molecule has 5 rings (SSSR count). The number of anilines is 2. The standard InChI is InChI=1S/C27H25N5O3S2/c28-26-29-24-23(37-26)25(32(13-14-33)16-19-8-4-5-12-22(19)34)31-27(30-24)36-17-18-7-6-11-21(15-18)35-20-9-2-1-3-10-20/h1-12,15,33-34H,13-14,16-17H2,(H2,28,29,30,31). The molecule has 4 N–H and O–H groups in total. The predicted octanol–water partition coefficient (Wildman–Crippen LogP) is 5.46. The van der Waals surface area contributed by atoms with E-state index in [1.165, 1.54) is 23.1 Å². The zero-order valence-electron chi connectivity index (χ0n) is 19.8. The van der Waals surface area contributed by atoms with Crippen LogP contribution in [-0.2, 0) is 12.3 Å². The molecule has 188 valence electrons. The summed E-state index contributed by atoms with van der Waals surface area (Å²) in [6.45, 7) is 0.603. The lowest BCUT2D eigenvalue weighted by molar-refractivity contribution is 0.301. The third-order valence-electron chi connectivity index (χ3n) is 5.50. The van der Waals surface area contributed by atoms with Crippen LogP contribution in [0.2, 0.25) is 0 Å². The zero-order valence-corrected chi connectivity index (χ0v) is 21.5. The van der Waals surface area contributed by atoms with Crippen LogP contribution in [0.25, 0.3) is 10.3 Å². The molecule has 0 aliphatic carbocycles. The van der Waals surface area contributed by atoms with E-state index in [1.54, 1.807) is 12.1 Å². The van der Waals surface area contributed by atoms with Crippen molar-refractivity contribution in [2.24, 2.45) is 0 Å². The molecule has 2 heterocycles. The first-order chi connectivity index (χ1) is 18.1. The number of fused-ring (bicyclic) bond motifs is 1. The van der Waals surface area contributed by atoms with Crippen molar-refractivity contribution in [2.45, 2.75) is 17.5 Å². The highest BCUT2D eigenvalue weighted by Crippen LogP contribution is 2.35. The van der Waals surface area contributed by atoms with Crippen LogP contribution in [0, 0.1) is 0 Å². The number of hydrogen-bond acceptors (Lipinski definition) is 10. The molecule has 0 unspecified atom stereocenters. The molecule has 8 nitrogen and oxygen atoms in total. The molecule has 0 fully saturated rings. The van der Waals surface area contributed by atoms with E-state index < -0.39 is 0 Å². The van der Waals surface area contributed by atoms with Crippen LogP contribution in [0.1, 0.15) is 11.1 Å². The van der Waals surface area contributed by atoms with Gasteiger partial charge in [-0.2, -0.15) is 0 Å². The largest absolute Gasteiger partial charge is 0.508 e. The maximum atomic E-state index is 10.3. The summed E-state index contributed by atoms with van der Waals surface area (Å²) in [5.41, 5.74) is 8.31. The van der Waals surface area contributed by atoms with Gasteiger partial charge in [0.05, 0.1) is 6.61 Å². The average Bonchev–Trinajstić information content (AvgIpc) is 3.29. The van der Waals surface area contributed by atoms with E-state index in [4.69, 9.17) is 15.5 Å². The van der Waals surface area contributed by atoms with Crippen molar-refractivity contribution in [3.63, 3.8) is 0 Å². The van der Waals surface area contributed by atoms with E-state index in [-0.39, 0.29) is 12.4 Å². The topological polar surface area (TPSA) is 118 Å². The van der Waals surface area contributed by atoms with Crippen molar-refractivity contribution in [1.29, 1.82) is 0 Å². The zero-order chi connectivity index (χ0) is 25.6. The lowest BCUT2D eigenvalue weighted by Gasteiger charge is -2.24. The molecule has 0 amide bonds. The Hall–Kier alpha value is -3.86. The minimum absolute atomic E-state index is 0.0793. The summed E-state index contributed by atoms with van der Waals surface area (Å²) in [5.74, 6) is 2.97. The second kappa shape index (κ2) is 11.5. The molecule has 0 bridgehead atoms. The van der Waals surface area contributed by atoms with Crippen molar-refractivity contribution in [1.82, 2.24) is 15.0 Å². The molecule has 0 aliphatic heterocycles. The summed E-state index contributed by atoms with van der Waals surface area (Å²) in [6, 6.07) is 24.7. The maximum Gasteiger partial charge on any atom is 0.191 e. The van der Waals surface area contributed by atoms with E-state index in [9.17, 15) is 10.2 Å². The van der Waals surface area contributed by atoms with Crippen LogP contribution in [0.3, 0.4) is 0 Å². The molecule has 0 radical (unpaired) electrons.